The molecule has 0 aliphatic carbocycles. The lowest BCUT2D eigenvalue weighted by Crippen LogP contribution is -1.98. The number of nitrogens with zero attached hydrogens (tertiary/aromatic N) is 1. The third-order valence-electron chi connectivity index (χ3n) is 2.43. The van der Waals surface area contributed by atoms with E-state index in [2.05, 4.69) is 0 Å². The van der Waals surface area contributed by atoms with Crippen LogP contribution in [0.25, 0.3) is 0 Å². The second-order valence-corrected chi connectivity index (χ2v) is 6.64. The lowest BCUT2D eigenvalue weighted by atomic mass is 10.1. The predicted octanol–water partition coefficient (Wildman–Crippen LogP) is 3.24. The average molecular weight is 310 g/mol. The lowest BCUT2D eigenvalue weighted by Gasteiger charge is -1.99. The minimum atomic E-state index is -1.34. The van der Waals surface area contributed by atoms with E-state index in [1.807, 2.05) is 6.07 Å². The molecule has 1 heterocycles. The van der Waals surface area contributed by atoms with Gasteiger partial charge in [0, 0.05) is 5.56 Å². The van der Waals surface area contributed by atoms with Crippen LogP contribution in [0.5, 0.6) is 0 Å². The summed E-state index contributed by atoms with van der Waals surface area (Å²) in [6, 6.07) is 10.6. The monoisotopic (exact) mass is 309 g/mol. The molecule has 1 aromatic heterocycles. The molecule has 2 aromatic rings. The Bertz CT molecular complexity index is 659. The highest BCUT2D eigenvalue weighted by Crippen LogP contribution is 2.36. The van der Waals surface area contributed by atoms with Gasteiger partial charge in [0.05, 0.1) is 5.02 Å². The molecule has 0 spiro atoms. The number of halogens is 1. The molecule has 0 aliphatic rings. The Morgan fingerprint density at radius 3 is 2.53 bits per heavy atom. The second-order valence-electron chi connectivity index (χ2n) is 3.67. The molecule has 19 heavy (non-hydrogen) atoms. The molecule has 6 heteroatoms. The van der Waals surface area contributed by atoms with E-state index in [9.17, 15) is 9.35 Å². The van der Waals surface area contributed by atoms with Crippen LogP contribution in [-0.4, -0.2) is 16.6 Å². The first kappa shape index (κ1) is 14.1. The zero-order chi connectivity index (χ0) is 14.0. The van der Waals surface area contributed by atoms with Gasteiger partial charge in [0.1, 0.15) is 22.8 Å². The van der Waals surface area contributed by atoms with Gasteiger partial charge >= 0.3 is 0 Å². The topological polar surface area (TPSA) is 63.9 Å². The van der Waals surface area contributed by atoms with Crippen LogP contribution < -0.4 is 0 Å². The van der Waals surface area contributed by atoms with Crippen molar-refractivity contribution < 1.29 is 9.35 Å². The molecule has 1 aromatic carbocycles. The molecule has 0 bridgehead atoms. The van der Waals surface area contributed by atoms with Crippen molar-refractivity contribution in [2.45, 2.75) is 4.21 Å². The van der Waals surface area contributed by atoms with E-state index in [1.54, 1.807) is 30.3 Å². The number of benzene rings is 1. The maximum absolute atomic E-state index is 12.3. The molecule has 0 N–H and O–H groups in total. The molecule has 0 amide bonds. The lowest BCUT2D eigenvalue weighted by molar-refractivity contribution is 0.104. The van der Waals surface area contributed by atoms with Crippen molar-refractivity contribution >= 4 is 39.9 Å². The van der Waals surface area contributed by atoms with Crippen molar-refractivity contribution in [3.63, 3.8) is 0 Å². The SMILES string of the molecule is C[S+]([O-])c1sc(C(=O)c2ccccc2)c(Cl)c1C#N. The Labute approximate surface area is 122 Å². The van der Waals surface area contributed by atoms with E-state index in [4.69, 9.17) is 16.9 Å². The largest absolute Gasteiger partial charge is 0.611 e. The van der Waals surface area contributed by atoms with Gasteiger partial charge in [-0.25, -0.2) is 0 Å². The van der Waals surface area contributed by atoms with Crippen LogP contribution in [-0.2, 0) is 11.2 Å². The molecule has 0 fully saturated rings. The van der Waals surface area contributed by atoms with Gasteiger partial charge in [-0.2, -0.15) is 5.26 Å². The quantitative estimate of drug-likeness (QED) is 0.646. The molecule has 2 rings (SSSR count). The number of carbonyl (C=O) groups excluding carboxylic acids is 1. The van der Waals surface area contributed by atoms with Crippen LogP contribution in [0.2, 0.25) is 5.02 Å². The maximum atomic E-state index is 12.3. The third-order valence-corrected chi connectivity index (χ3v) is 5.59. The Balaban J connectivity index is 2.53. The number of ketones is 1. The van der Waals surface area contributed by atoms with Crippen LogP contribution in [0.1, 0.15) is 20.8 Å². The minimum Gasteiger partial charge on any atom is -0.611 e. The fourth-order valence-electron chi connectivity index (χ4n) is 1.56. The summed E-state index contributed by atoms with van der Waals surface area (Å²) in [6.07, 6.45) is 1.46. The predicted molar refractivity (Wildman–Crippen MR) is 76.3 cm³/mol. The number of hydrogen-bond donors (Lipinski definition) is 0. The molecule has 3 nitrogen and oxygen atoms in total. The van der Waals surface area contributed by atoms with Crippen molar-refractivity contribution in [1.29, 1.82) is 5.26 Å². The second kappa shape index (κ2) is 5.76. The third kappa shape index (κ3) is 2.67. The molecule has 1 unspecified atom stereocenters. The van der Waals surface area contributed by atoms with Crippen LogP contribution in [0.4, 0.5) is 0 Å². The first-order valence-electron chi connectivity index (χ1n) is 5.21. The van der Waals surface area contributed by atoms with E-state index in [1.165, 1.54) is 6.26 Å². The van der Waals surface area contributed by atoms with Crippen molar-refractivity contribution in [2.75, 3.05) is 6.26 Å². The fraction of sp³-hybridized carbons (Fsp3) is 0.0769. The van der Waals surface area contributed by atoms with Crippen LogP contribution in [0, 0.1) is 11.3 Å². The molecule has 0 aliphatic heterocycles. The Morgan fingerprint density at radius 1 is 1.42 bits per heavy atom. The van der Waals surface area contributed by atoms with E-state index >= 15 is 0 Å². The highest BCUT2D eigenvalue weighted by atomic mass is 35.5. The van der Waals surface area contributed by atoms with Crippen LogP contribution >= 0.6 is 22.9 Å². The first-order chi connectivity index (χ1) is 9.06. The van der Waals surface area contributed by atoms with E-state index in [0.717, 1.165) is 11.3 Å². The number of hydrogen-bond acceptors (Lipinski definition) is 4. The fourth-order valence-corrected chi connectivity index (χ4v) is 4.00. The summed E-state index contributed by atoms with van der Waals surface area (Å²) < 4.78 is 11.9. The highest BCUT2D eigenvalue weighted by molar-refractivity contribution is 7.92. The van der Waals surface area contributed by atoms with Gasteiger partial charge in [-0.05, 0) is 11.2 Å². The van der Waals surface area contributed by atoms with Gasteiger partial charge in [0.25, 0.3) is 0 Å². The van der Waals surface area contributed by atoms with Crippen LogP contribution in [0.3, 0.4) is 0 Å². The summed E-state index contributed by atoms with van der Waals surface area (Å²) in [5.41, 5.74) is 0.621. The minimum absolute atomic E-state index is 0.0894. The summed E-state index contributed by atoms with van der Waals surface area (Å²) in [6.45, 7) is 0. The number of carbonyl (C=O) groups is 1. The first-order valence-corrected chi connectivity index (χ1v) is 7.97. The maximum Gasteiger partial charge on any atom is 0.226 e. The van der Waals surface area contributed by atoms with Crippen LogP contribution in [0.15, 0.2) is 34.5 Å². The molecule has 96 valence electrons. The molecule has 1 atom stereocenters. The smallest absolute Gasteiger partial charge is 0.226 e. The van der Waals surface area contributed by atoms with Crippen molar-refractivity contribution in [3.05, 3.63) is 51.4 Å². The molecular weight excluding hydrogens is 302 g/mol. The van der Waals surface area contributed by atoms with Gasteiger partial charge < -0.3 is 4.55 Å². The van der Waals surface area contributed by atoms with E-state index in [-0.39, 0.29) is 21.2 Å². The van der Waals surface area contributed by atoms with Gasteiger partial charge in [0.15, 0.2) is 0 Å². The van der Waals surface area contributed by atoms with Gasteiger partial charge in [0.2, 0.25) is 9.99 Å². The average Bonchev–Trinajstić information content (AvgIpc) is 2.76. The summed E-state index contributed by atoms with van der Waals surface area (Å²) in [4.78, 5) is 12.5. The summed E-state index contributed by atoms with van der Waals surface area (Å²) >= 11 is 5.73. The summed E-state index contributed by atoms with van der Waals surface area (Å²) in [5.74, 6) is -0.260. The molecule has 0 radical (unpaired) electrons. The summed E-state index contributed by atoms with van der Waals surface area (Å²) in [5, 5.41) is 9.13. The normalized spacial score (nSPS) is 11.9. The summed E-state index contributed by atoms with van der Waals surface area (Å²) in [7, 11) is 0. The number of rotatable bonds is 3. The van der Waals surface area contributed by atoms with Crippen molar-refractivity contribution in [3.8, 4) is 6.07 Å². The zero-order valence-corrected chi connectivity index (χ0v) is 12.2. The van der Waals surface area contributed by atoms with Crippen molar-refractivity contribution in [1.82, 2.24) is 0 Å². The van der Waals surface area contributed by atoms with Gasteiger partial charge in [-0.3, -0.25) is 4.79 Å². The zero-order valence-electron chi connectivity index (χ0n) is 9.84. The standard InChI is InChI=1S/C13H8ClNO2S2/c1-19(17)13-9(7-15)10(14)12(18-13)11(16)8-5-3-2-4-6-8/h2-6H,1H3. The van der Waals surface area contributed by atoms with E-state index in [0.29, 0.717) is 9.77 Å². The Hall–Kier alpha value is -1.32. The Morgan fingerprint density at radius 2 is 2.05 bits per heavy atom. The van der Waals surface area contributed by atoms with Gasteiger partial charge in [-0.1, -0.05) is 53.3 Å². The Kier molecular flexibility index (Phi) is 4.27. The molecule has 0 saturated heterocycles. The van der Waals surface area contributed by atoms with Gasteiger partial charge in [-0.15, -0.1) is 0 Å². The number of thiophene rings is 1. The molecule has 0 saturated carbocycles. The van der Waals surface area contributed by atoms with Crippen molar-refractivity contribution in [2.24, 2.45) is 0 Å². The number of nitriles is 1. The van der Waals surface area contributed by atoms with E-state index < -0.39 is 11.2 Å². The highest BCUT2D eigenvalue weighted by Gasteiger charge is 2.27. The molecular formula is C13H8ClNO2S2.